The normalized spacial score (nSPS) is 19.9. The van der Waals surface area contributed by atoms with E-state index >= 15 is 0 Å². The summed E-state index contributed by atoms with van der Waals surface area (Å²) in [6, 6.07) is 11.0. The molecule has 0 aromatic heterocycles. The zero-order valence-electron chi connectivity index (χ0n) is 13.8. The molecule has 2 atom stereocenters. The average Bonchev–Trinajstić information content (AvgIpc) is 2.53. The Kier molecular flexibility index (Phi) is 6.25. The summed E-state index contributed by atoms with van der Waals surface area (Å²) in [5, 5.41) is 10.9. The van der Waals surface area contributed by atoms with E-state index in [-0.39, 0.29) is 6.04 Å². The van der Waals surface area contributed by atoms with E-state index in [1.165, 1.54) is 32.1 Å². The van der Waals surface area contributed by atoms with Crippen LogP contribution in [-0.4, -0.2) is 28.6 Å². The maximum atomic E-state index is 10.9. The van der Waals surface area contributed by atoms with Crippen LogP contribution in [0.4, 0.5) is 0 Å². The van der Waals surface area contributed by atoms with Crippen LogP contribution in [0.2, 0.25) is 0 Å². The van der Waals surface area contributed by atoms with Crippen LogP contribution in [0.5, 0.6) is 0 Å². The monoisotopic (exact) mass is 289 g/mol. The minimum Gasteiger partial charge on any atom is -0.387 e. The second-order valence-electron chi connectivity index (χ2n) is 6.71. The molecule has 2 heteroatoms. The van der Waals surface area contributed by atoms with E-state index in [1.807, 2.05) is 18.2 Å². The summed E-state index contributed by atoms with van der Waals surface area (Å²) in [4.78, 5) is 2.57. The molecule has 0 amide bonds. The highest BCUT2D eigenvalue weighted by atomic mass is 16.3. The number of hydrogen-bond acceptors (Lipinski definition) is 2. The second kappa shape index (κ2) is 7.95. The summed E-state index contributed by atoms with van der Waals surface area (Å²) in [5.41, 5.74) is 1.05. The lowest BCUT2D eigenvalue weighted by Crippen LogP contribution is -2.49. The number of aliphatic hydroxyl groups is 1. The molecule has 118 valence electrons. The lowest BCUT2D eigenvalue weighted by atomic mass is 9.87. The molecule has 0 saturated heterocycles. The van der Waals surface area contributed by atoms with E-state index in [1.54, 1.807) is 0 Å². The third-order valence-electron chi connectivity index (χ3n) is 4.94. The fourth-order valence-corrected chi connectivity index (χ4v) is 3.90. The fourth-order valence-electron chi connectivity index (χ4n) is 3.90. The van der Waals surface area contributed by atoms with Crippen molar-refractivity contribution >= 4 is 0 Å². The first-order valence-electron chi connectivity index (χ1n) is 8.64. The van der Waals surface area contributed by atoms with Gasteiger partial charge >= 0.3 is 0 Å². The fraction of sp³-hybridized carbons (Fsp3) is 0.684. The van der Waals surface area contributed by atoms with Gasteiger partial charge in [0, 0.05) is 12.1 Å². The highest BCUT2D eigenvalue weighted by molar-refractivity contribution is 5.19. The van der Waals surface area contributed by atoms with Gasteiger partial charge < -0.3 is 5.11 Å². The van der Waals surface area contributed by atoms with E-state index in [0.717, 1.165) is 12.1 Å². The van der Waals surface area contributed by atoms with Crippen molar-refractivity contribution in [2.45, 2.75) is 71.1 Å². The van der Waals surface area contributed by atoms with E-state index in [2.05, 4.69) is 37.8 Å². The third-order valence-corrected chi connectivity index (χ3v) is 4.94. The molecule has 0 radical (unpaired) electrons. The molecule has 1 aliphatic carbocycles. The first-order valence-corrected chi connectivity index (χ1v) is 8.64. The minimum absolute atomic E-state index is 0.209. The van der Waals surface area contributed by atoms with Gasteiger partial charge in [-0.05, 0) is 30.9 Å². The summed E-state index contributed by atoms with van der Waals surface area (Å²) in [7, 11) is 0. The molecule has 2 nitrogen and oxygen atoms in total. The zero-order chi connectivity index (χ0) is 15.2. The molecule has 0 spiro atoms. The predicted molar refractivity (Wildman–Crippen MR) is 89.3 cm³/mol. The molecule has 1 aliphatic rings. The van der Waals surface area contributed by atoms with Crippen LogP contribution in [0.3, 0.4) is 0 Å². The third kappa shape index (κ3) is 4.08. The Labute approximate surface area is 130 Å². The van der Waals surface area contributed by atoms with Gasteiger partial charge in [0.05, 0.1) is 6.10 Å². The molecule has 1 N–H and O–H groups in total. The summed E-state index contributed by atoms with van der Waals surface area (Å²) >= 11 is 0. The van der Waals surface area contributed by atoms with Gasteiger partial charge in [0.1, 0.15) is 0 Å². The number of likely N-dealkylation sites (N-methyl/N-ethyl adjacent to an activating group) is 1. The van der Waals surface area contributed by atoms with Crippen molar-refractivity contribution in [3.8, 4) is 0 Å². The van der Waals surface area contributed by atoms with E-state index in [0.29, 0.717) is 12.0 Å². The molecule has 0 bridgehead atoms. The molecule has 1 saturated carbocycles. The van der Waals surface area contributed by atoms with Crippen molar-refractivity contribution in [2.24, 2.45) is 5.92 Å². The van der Waals surface area contributed by atoms with Crippen molar-refractivity contribution < 1.29 is 5.11 Å². The van der Waals surface area contributed by atoms with Gasteiger partial charge in [0.2, 0.25) is 0 Å². The Morgan fingerprint density at radius 2 is 1.71 bits per heavy atom. The number of aliphatic hydroxyl groups excluding tert-OH is 1. The van der Waals surface area contributed by atoms with Crippen molar-refractivity contribution in [3.05, 3.63) is 35.9 Å². The Balaban J connectivity index is 2.19. The van der Waals surface area contributed by atoms with Crippen LogP contribution in [0.25, 0.3) is 0 Å². The molecular weight excluding hydrogens is 258 g/mol. The lowest BCUT2D eigenvalue weighted by molar-refractivity contribution is -0.00758. The Hall–Kier alpha value is -0.860. The first-order chi connectivity index (χ1) is 10.1. The number of benzene rings is 1. The summed E-state index contributed by atoms with van der Waals surface area (Å²) in [6.45, 7) is 7.74. The van der Waals surface area contributed by atoms with Gasteiger partial charge in [-0.15, -0.1) is 0 Å². The number of rotatable bonds is 6. The van der Waals surface area contributed by atoms with Gasteiger partial charge in [-0.1, -0.05) is 70.4 Å². The maximum Gasteiger partial charge on any atom is 0.0947 e. The van der Waals surface area contributed by atoms with Crippen molar-refractivity contribution in [3.63, 3.8) is 0 Å². The second-order valence-corrected chi connectivity index (χ2v) is 6.71. The molecule has 1 aromatic carbocycles. The molecule has 2 unspecified atom stereocenters. The highest BCUT2D eigenvalue weighted by Gasteiger charge is 2.33. The minimum atomic E-state index is -0.395. The number of hydrogen-bond donors (Lipinski definition) is 1. The zero-order valence-corrected chi connectivity index (χ0v) is 13.8. The largest absolute Gasteiger partial charge is 0.387 e. The molecule has 21 heavy (non-hydrogen) atoms. The Morgan fingerprint density at radius 1 is 1.10 bits per heavy atom. The van der Waals surface area contributed by atoms with Gasteiger partial charge in [0.15, 0.2) is 0 Å². The van der Waals surface area contributed by atoms with E-state index < -0.39 is 6.10 Å². The standard InChI is InChI=1S/C19H31NO/c1-4-20(17-13-9-6-10-14-17)18(15(2)3)19(21)16-11-7-5-8-12-16/h5,7-8,11-12,15,17-19,21H,4,6,9-10,13-14H2,1-3H3. The molecular formula is C19H31NO. The Morgan fingerprint density at radius 3 is 2.24 bits per heavy atom. The molecule has 1 fully saturated rings. The molecule has 2 rings (SSSR count). The highest BCUT2D eigenvalue weighted by Crippen LogP contribution is 2.32. The molecule has 1 aromatic rings. The molecule has 0 aliphatic heterocycles. The average molecular weight is 289 g/mol. The number of nitrogens with zero attached hydrogens (tertiary/aromatic N) is 1. The van der Waals surface area contributed by atoms with Crippen LogP contribution < -0.4 is 0 Å². The lowest BCUT2D eigenvalue weighted by Gasteiger charge is -2.43. The van der Waals surface area contributed by atoms with Crippen LogP contribution in [0.1, 0.15) is 64.5 Å². The predicted octanol–water partition coefficient (Wildman–Crippen LogP) is 4.40. The topological polar surface area (TPSA) is 23.5 Å². The summed E-state index contributed by atoms with van der Waals surface area (Å²) < 4.78 is 0. The van der Waals surface area contributed by atoms with Crippen LogP contribution in [0, 0.1) is 5.92 Å². The SMILES string of the molecule is CCN(C1CCCCC1)C(C(C)C)C(O)c1ccccc1. The Bertz CT molecular complexity index is 397. The first kappa shape index (κ1) is 16.5. The summed E-state index contributed by atoms with van der Waals surface area (Å²) in [5.74, 6) is 0.446. The molecule has 0 heterocycles. The van der Waals surface area contributed by atoms with Crippen LogP contribution in [-0.2, 0) is 0 Å². The van der Waals surface area contributed by atoms with Gasteiger partial charge in [0.25, 0.3) is 0 Å². The van der Waals surface area contributed by atoms with Crippen molar-refractivity contribution in [1.82, 2.24) is 4.90 Å². The van der Waals surface area contributed by atoms with Gasteiger partial charge in [-0.2, -0.15) is 0 Å². The van der Waals surface area contributed by atoms with Crippen LogP contribution in [0.15, 0.2) is 30.3 Å². The van der Waals surface area contributed by atoms with E-state index in [9.17, 15) is 5.11 Å². The van der Waals surface area contributed by atoms with Crippen molar-refractivity contribution in [2.75, 3.05) is 6.54 Å². The van der Waals surface area contributed by atoms with Gasteiger partial charge in [-0.3, -0.25) is 4.90 Å². The van der Waals surface area contributed by atoms with Crippen molar-refractivity contribution in [1.29, 1.82) is 0 Å². The summed E-state index contributed by atoms with van der Waals surface area (Å²) in [6.07, 6.45) is 6.24. The maximum absolute atomic E-state index is 10.9. The smallest absolute Gasteiger partial charge is 0.0947 e. The van der Waals surface area contributed by atoms with E-state index in [4.69, 9.17) is 0 Å². The quantitative estimate of drug-likeness (QED) is 0.839. The van der Waals surface area contributed by atoms with Crippen LogP contribution >= 0.6 is 0 Å². The van der Waals surface area contributed by atoms with Gasteiger partial charge in [-0.25, -0.2) is 0 Å².